The Labute approximate surface area is 148 Å². The van der Waals surface area contributed by atoms with Crippen molar-refractivity contribution in [1.29, 1.82) is 0 Å². The van der Waals surface area contributed by atoms with E-state index in [2.05, 4.69) is 15.3 Å². The van der Waals surface area contributed by atoms with E-state index in [4.69, 9.17) is 4.42 Å². The maximum atomic E-state index is 13.3. The molecule has 1 amide bonds. The number of rotatable bonds is 6. The van der Waals surface area contributed by atoms with Crippen molar-refractivity contribution in [3.05, 3.63) is 57.6 Å². The van der Waals surface area contributed by atoms with Crippen LogP contribution in [0.4, 0.5) is 4.39 Å². The van der Waals surface area contributed by atoms with Crippen LogP contribution in [-0.2, 0) is 17.6 Å². The van der Waals surface area contributed by atoms with Gasteiger partial charge in [-0.2, -0.15) is 0 Å². The maximum absolute atomic E-state index is 13.3. The number of hydrogen-bond acceptors (Lipinski definition) is 5. The molecule has 2 aromatic heterocycles. The number of benzene rings is 1. The van der Waals surface area contributed by atoms with Crippen LogP contribution < -0.4 is 5.32 Å². The number of carbonyl (C=O) groups is 1. The molecule has 0 aliphatic carbocycles. The largest absolute Gasteiger partial charge is 0.441 e. The normalized spacial score (nSPS) is 10.8. The lowest BCUT2D eigenvalue weighted by Gasteiger charge is -2.02. The van der Waals surface area contributed by atoms with Crippen molar-refractivity contribution in [2.24, 2.45) is 0 Å². The maximum Gasteiger partial charge on any atom is 0.226 e. The monoisotopic (exact) mass is 359 g/mol. The predicted octanol–water partition coefficient (Wildman–Crippen LogP) is 3.46. The number of halogens is 1. The minimum Gasteiger partial charge on any atom is -0.441 e. The number of nitrogens with zero attached hydrogens (tertiary/aromatic N) is 2. The van der Waals surface area contributed by atoms with Gasteiger partial charge in [-0.1, -0.05) is 6.07 Å². The Morgan fingerprint density at radius 3 is 2.88 bits per heavy atom. The molecule has 0 fully saturated rings. The zero-order chi connectivity index (χ0) is 17.8. The molecule has 0 saturated heterocycles. The number of amides is 1. The van der Waals surface area contributed by atoms with Gasteiger partial charge in [-0.3, -0.25) is 4.79 Å². The van der Waals surface area contributed by atoms with Crippen molar-refractivity contribution in [3.8, 4) is 11.5 Å². The Balaban J connectivity index is 1.58. The van der Waals surface area contributed by atoms with Gasteiger partial charge >= 0.3 is 0 Å². The van der Waals surface area contributed by atoms with Crippen molar-refractivity contribution in [2.75, 3.05) is 6.54 Å². The number of carbonyl (C=O) groups excluding carboxylic acids is 1. The minimum atomic E-state index is -0.357. The molecule has 1 aromatic carbocycles. The van der Waals surface area contributed by atoms with Crippen molar-refractivity contribution >= 4 is 17.2 Å². The van der Waals surface area contributed by atoms with E-state index in [0.717, 1.165) is 10.7 Å². The second kappa shape index (κ2) is 7.57. The van der Waals surface area contributed by atoms with E-state index in [-0.39, 0.29) is 18.1 Å². The first-order valence-corrected chi connectivity index (χ1v) is 8.79. The van der Waals surface area contributed by atoms with Gasteiger partial charge in [-0.15, -0.1) is 11.3 Å². The van der Waals surface area contributed by atoms with Crippen LogP contribution in [0.2, 0.25) is 0 Å². The smallest absolute Gasteiger partial charge is 0.226 e. The van der Waals surface area contributed by atoms with Gasteiger partial charge in [0.15, 0.2) is 0 Å². The molecule has 0 aliphatic heterocycles. The molecule has 0 radical (unpaired) electrons. The zero-order valence-corrected chi connectivity index (χ0v) is 14.8. The van der Waals surface area contributed by atoms with Gasteiger partial charge in [0.2, 0.25) is 11.8 Å². The molecule has 0 bridgehead atoms. The van der Waals surface area contributed by atoms with Gasteiger partial charge in [-0.25, -0.2) is 14.4 Å². The summed E-state index contributed by atoms with van der Waals surface area (Å²) >= 11 is 1.60. The summed E-state index contributed by atoms with van der Waals surface area (Å²) in [6.45, 7) is 4.22. The minimum absolute atomic E-state index is 0.126. The average Bonchev–Trinajstić information content (AvgIpc) is 3.14. The van der Waals surface area contributed by atoms with Crippen molar-refractivity contribution in [3.63, 3.8) is 0 Å². The number of aryl methyl sites for hydroxylation is 2. The van der Waals surface area contributed by atoms with Crippen molar-refractivity contribution < 1.29 is 13.6 Å². The molecular weight excluding hydrogens is 341 g/mol. The van der Waals surface area contributed by atoms with Gasteiger partial charge in [-0.05, 0) is 32.0 Å². The van der Waals surface area contributed by atoms with Crippen LogP contribution in [0.3, 0.4) is 0 Å². The molecule has 0 spiro atoms. The van der Waals surface area contributed by atoms with Crippen LogP contribution in [0.25, 0.3) is 11.5 Å². The van der Waals surface area contributed by atoms with E-state index in [1.54, 1.807) is 30.4 Å². The second-order valence-electron chi connectivity index (χ2n) is 5.67. The standard InChI is InChI=1S/C18H18FN3O2S/c1-11-16(22-18(24-11)13-4-3-5-14(19)8-13)9-17(23)20-7-6-15-10-25-12(2)21-15/h3-5,8,10H,6-7,9H2,1-2H3,(H,20,23). The lowest BCUT2D eigenvalue weighted by molar-refractivity contribution is -0.120. The zero-order valence-electron chi connectivity index (χ0n) is 14.0. The number of oxazole rings is 1. The fourth-order valence-corrected chi connectivity index (χ4v) is 3.05. The van der Waals surface area contributed by atoms with Crippen LogP contribution >= 0.6 is 11.3 Å². The first-order chi connectivity index (χ1) is 12.0. The summed E-state index contributed by atoms with van der Waals surface area (Å²) in [6.07, 6.45) is 0.823. The van der Waals surface area contributed by atoms with Crippen LogP contribution in [0.1, 0.15) is 22.2 Å². The highest BCUT2D eigenvalue weighted by Crippen LogP contribution is 2.22. The first-order valence-electron chi connectivity index (χ1n) is 7.91. The number of hydrogen-bond donors (Lipinski definition) is 1. The SMILES string of the molecule is Cc1nc(CCNC(=O)Cc2nc(-c3cccc(F)c3)oc2C)cs1. The van der Waals surface area contributed by atoms with E-state index < -0.39 is 0 Å². The molecule has 7 heteroatoms. The molecule has 0 unspecified atom stereocenters. The summed E-state index contributed by atoms with van der Waals surface area (Å²) in [4.78, 5) is 20.8. The summed E-state index contributed by atoms with van der Waals surface area (Å²) in [5.41, 5.74) is 2.09. The topological polar surface area (TPSA) is 68.0 Å². The van der Waals surface area contributed by atoms with Gasteiger partial charge in [0.1, 0.15) is 11.6 Å². The molecule has 0 atom stereocenters. The Morgan fingerprint density at radius 2 is 2.16 bits per heavy atom. The number of thiazole rings is 1. The summed E-state index contributed by atoms with van der Waals surface area (Å²) < 4.78 is 18.9. The molecule has 130 valence electrons. The third-order valence-corrected chi connectivity index (χ3v) is 4.48. The highest BCUT2D eigenvalue weighted by atomic mass is 32.1. The van der Waals surface area contributed by atoms with Crippen LogP contribution in [0.5, 0.6) is 0 Å². The lowest BCUT2D eigenvalue weighted by Crippen LogP contribution is -2.27. The Bertz CT molecular complexity index is 888. The average molecular weight is 359 g/mol. The van der Waals surface area contributed by atoms with E-state index in [1.807, 2.05) is 12.3 Å². The van der Waals surface area contributed by atoms with Gasteiger partial charge in [0.05, 0.1) is 22.8 Å². The van der Waals surface area contributed by atoms with Crippen LogP contribution in [0.15, 0.2) is 34.1 Å². The van der Waals surface area contributed by atoms with Crippen molar-refractivity contribution in [1.82, 2.24) is 15.3 Å². The van der Waals surface area contributed by atoms with E-state index >= 15 is 0 Å². The number of nitrogens with one attached hydrogen (secondary N) is 1. The summed E-state index contributed by atoms with van der Waals surface area (Å²) in [5.74, 6) is 0.390. The molecule has 3 aromatic rings. The fraction of sp³-hybridized carbons (Fsp3) is 0.278. The van der Waals surface area contributed by atoms with Crippen LogP contribution in [0, 0.1) is 19.7 Å². The molecule has 1 N–H and O–H groups in total. The Hall–Kier alpha value is -2.54. The first kappa shape index (κ1) is 17.3. The quantitative estimate of drug-likeness (QED) is 0.732. The summed E-state index contributed by atoms with van der Waals surface area (Å²) in [5, 5.41) is 5.87. The molecule has 25 heavy (non-hydrogen) atoms. The highest BCUT2D eigenvalue weighted by molar-refractivity contribution is 7.09. The van der Waals surface area contributed by atoms with E-state index in [9.17, 15) is 9.18 Å². The molecule has 0 aliphatic rings. The molecule has 3 rings (SSSR count). The van der Waals surface area contributed by atoms with Gasteiger partial charge in [0, 0.05) is 23.9 Å². The van der Waals surface area contributed by atoms with Crippen LogP contribution in [-0.4, -0.2) is 22.4 Å². The third kappa shape index (κ3) is 4.51. The molecule has 0 saturated carbocycles. The van der Waals surface area contributed by atoms with Gasteiger partial charge in [0.25, 0.3) is 0 Å². The Kier molecular flexibility index (Phi) is 5.23. The third-order valence-electron chi connectivity index (χ3n) is 3.66. The molecule has 2 heterocycles. The predicted molar refractivity (Wildman–Crippen MR) is 93.9 cm³/mol. The number of aromatic nitrogens is 2. The van der Waals surface area contributed by atoms with E-state index in [1.165, 1.54) is 12.1 Å². The second-order valence-corrected chi connectivity index (χ2v) is 6.73. The fourth-order valence-electron chi connectivity index (χ4n) is 2.40. The summed E-state index contributed by atoms with van der Waals surface area (Å²) in [7, 11) is 0. The summed E-state index contributed by atoms with van der Waals surface area (Å²) in [6, 6.07) is 6.02. The van der Waals surface area contributed by atoms with Crippen molar-refractivity contribution in [2.45, 2.75) is 26.7 Å². The lowest BCUT2D eigenvalue weighted by atomic mass is 10.2. The van der Waals surface area contributed by atoms with E-state index in [0.29, 0.717) is 35.9 Å². The highest BCUT2D eigenvalue weighted by Gasteiger charge is 2.15. The molecular formula is C18H18FN3O2S. The molecule has 5 nitrogen and oxygen atoms in total. The Morgan fingerprint density at radius 1 is 1.32 bits per heavy atom. The van der Waals surface area contributed by atoms with Gasteiger partial charge < -0.3 is 9.73 Å².